The van der Waals surface area contributed by atoms with E-state index in [4.69, 9.17) is 9.47 Å². The first-order chi connectivity index (χ1) is 38.3. The zero-order chi connectivity index (χ0) is 56.5. The highest BCUT2D eigenvalue weighted by Gasteiger charge is 2.44. The molecule has 1 saturated heterocycles. The Bertz CT molecular complexity index is 1320. The smallest absolute Gasteiger partial charge is 0.220 e. The van der Waals surface area contributed by atoms with E-state index in [-0.39, 0.29) is 12.5 Å². The molecule has 9 nitrogen and oxygen atoms in total. The van der Waals surface area contributed by atoms with Crippen molar-refractivity contribution in [2.75, 3.05) is 13.2 Å². The molecular weight excluding hydrogens is 971 g/mol. The molecule has 78 heavy (non-hydrogen) atoms. The van der Waals surface area contributed by atoms with Crippen LogP contribution in [-0.2, 0) is 14.3 Å². The summed E-state index contributed by atoms with van der Waals surface area (Å²) in [5, 5.41) is 54.9. The molecular formula is C69H131NO8. The zero-order valence-corrected chi connectivity index (χ0v) is 51.4. The number of aliphatic hydroxyl groups excluding tert-OH is 5. The number of allylic oxidation sites excluding steroid dienone is 6. The van der Waals surface area contributed by atoms with Gasteiger partial charge >= 0.3 is 0 Å². The van der Waals surface area contributed by atoms with Gasteiger partial charge in [0.15, 0.2) is 6.29 Å². The van der Waals surface area contributed by atoms with Crippen molar-refractivity contribution < 1.29 is 39.8 Å². The maximum Gasteiger partial charge on any atom is 0.220 e. The molecule has 9 heteroatoms. The topological polar surface area (TPSA) is 149 Å². The van der Waals surface area contributed by atoms with Gasteiger partial charge in [0, 0.05) is 6.42 Å². The van der Waals surface area contributed by atoms with Gasteiger partial charge in [0.1, 0.15) is 24.4 Å². The van der Waals surface area contributed by atoms with Crippen LogP contribution < -0.4 is 5.32 Å². The number of amides is 1. The van der Waals surface area contributed by atoms with Gasteiger partial charge in [-0.25, -0.2) is 0 Å². The molecule has 7 atom stereocenters. The van der Waals surface area contributed by atoms with Crippen LogP contribution in [0.2, 0.25) is 0 Å². The number of carbonyl (C=O) groups excluding carboxylic acids is 1. The fraction of sp³-hybridized carbons (Fsp3) is 0.899. The van der Waals surface area contributed by atoms with Crippen LogP contribution in [0.15, 0.2) is 36.5 Å². The molecule has 0 bridgehead atoms. The van der Waals surface area contributed by atoms with Crippen molar-refractivity contribution in [3.63, 3.8) is 0 Å². The Balaban J connectivity index is 2.13. The van der Waals surface area contributed by atoms with E-state index in [2.05, 4.69) is 55.6 Å². The van der Waals surface area contributed by atoms with Crippen LogP contribution in [0.5, 0.6) is 0 Å². The van der Waals surface area contributed by atoms with Gasteiger partial charge in [-0.15, -0.1) is 0 Å². The van der Waals surface area contributed by atoms with Crippen molar-refractivity contribution in [1.82, 2.24) is 5.32 Å². The molecule has 1 aliphatic heterocycles. The molecule has 0 radical (unpaired) electrons. The van der Waals surface area contributed by atoms with Crippen molar-refractivity contribution in [1.29, 1.82) is 0 Å². The minimum atomic E-state index is -1.56. The Hall–Kier alpha value is -1.59. The average Bonchev–Trinajstić information content (AvgIpc) is 3.45. The van der Waals surface area contributed by atoms with Gasteiger partial charge < -0.3 is 40.3 Å². The SMILES string of the molecule is CCCCCCC/C=C\C/C=C\C/C=C\CCCCCCCCCCCCC(=O)NC(COC1OC(CO)C(O)C(O)C1O)C(O)CCCCCCCCCCCCCCCCCCCCCCCCCCCCCCCC. The second kappa shape index (κ2) is 58.6. The molecule has 0 spiro atoms. The van der Waals surface area contributed by atoms with Gasteiger partial charge in [-0.1, -0.05) is 320 Å². The number of rotatable bonds is 60. The van der Waals surface area contributed by atoms with E-state index in [1.165, 1.54) is 263 Å². The predicted molar refractivity (Wildman–Crippen MR) is 332 cm³/mol. The Kier molecular flexibility index (Phi) is 55.9. The predicted octanol–water partition coefficient (Wildman–Crippen LogP) is 18.3. The highest BCUT2D eigenvalue weighted by Crippen LogP contribution is 2.24. The van der Waals surface area contributed by atoms with Gasteiger partial charge in [-0.05, 0) is 51.4 Å². The lowest BCUT2D eigenvalue weighted by molar-refractivity contribution is -0.302. The number of ether oxygens (including phenoxy) is 2. The molecule has 0 aromatic carbocycles. The second-order valence-electron chi connectivity index (χ2n) is 24.0. The van der Waals surface area contributed by atoms with E-state index in [0.717, 1.165) is 51.4 Å². The van der Waals surface area contributed by atoms with Crippen molar-refractivity contribution in [2.45, 2.75) is 384 Å². The number of hydrogen-bond acceptors (Lipinski definition) is 8. The summed E-state index contributed by atoms with van der Waals surface area (Å²) in [4.78, 5) is 13.1. The van der Waals surface area contributed by atoms with Gasteiger partial charge in [0.05, 0.1) is 25.4 Å². The van der Waals surface area contributed by atoms with Crippen LogP contribution in [-0.4, -0.2) is 87.5 Å². The lowest BCUT2D eigenvalue weighted by Crippen LogP contribution is -2.60. The highest BCUT2D eigenvalue weighted by atomic mass is 16.7. The summed E-state index contributed by atoms with van der Waals surface area (Å²) in [6.45, 7) is 3.87. The minimum Gasteiger partial charge on any atom is -0.394 e. The van der Waals surface area contributed by atoms with Crippen LogP contribution >= 0.6 is 0 Å². The molecule has 6 N–H and O–H groups in total. The molecule has 7 unspecified atom stereocenters. The standard InChI is InChI=1S/C69H131NO8/c1-3-5-7-9-11-13-15-17-19-21-23-25-27-29-30-31-32-33-35-36-38-40-42-44-46-48-50-52-54-56-58-63(72)62(61-77-69-68(76)67(75)66(74)64(60-71)78-69)70-65(73)59-57-55-53-51-49-47-45-43-41-39-37-34-28-26-24-22-20-18-16-14-12-10-8-6-4-2/h16,18,22,24,28,34,62-64,66-69,71-72,74-76H,3-15,17,19-21,23,25-27,29-33,35-61H2,1-2H3,(H,70,73)/b18-16-,24-22-,34-28-. The molecule has 1 aliphatic rings. The molecule has 1 rings (SSSR count). The maximum atomic E-state index is 13.1. The second-order valence-corrected chi connectivity index (χ2v) is 24.0. The van der Waals surface area contributed by atoms with Gasteiger partial charge in [-0.2, -0.15) is 0 Å². The minimum absolute atomic E-state index is 0.138. The first-order valence-electron chi connectivity index (χ1n) is 34.2. The van der Waals surface area contributed by atoms with Gasteiger partial charge in [0.25, 0.3) is 0 Å². The van der Waals surface area contributed by atoms with Crippen molar-refractivity contribution in [3.05, 3.63) is 36.5 Å². The van der Waals surface area contributed by atoms with E-state index in [9.17, 15) is 30.3 Å². The van der Waals surface area contributed by atoms with E-state index in [1.807, 2.05) is 0 Å². The van der Waals surface area contributed by atoms with Crippen molar-refractivity contribution in [2.24, 2.45) is 0 Å². The molecule has 0 aromatic rings. The average molecular weight is 1100 g/mol. The number of nitrogens with one attached hydrogen (secondary N) is 1. The summed E-state index contributed by atoms with van der Waals surface area (Å²) in [7, 11) is 0. The summed E-state index contributed by atoms with van der Waals surface area (Å²) in [6.07, 6.45) is 70.6. The molecule has 0 saturated carbocycles. The summed E-state index contributed by atoms with van der Waals surface area (Å²) >= 11 is 0. The van der Waals surface area contributed by atoms with E-state index in [0.29, 0.717) is 12.8 Å². The van der Waals surface area contributed by atoms with Crippen LogP contribution in [0.3, 0.4) is 0 Å². The fourth-order valence-corrected chi connectivity index (χ4v) is 11.1. The third-order valence-corrected chi connectivity index (χ3v) is 16.5. The number of hydrogen-bond donors (Lipinski definition) is 6. The van der Waals surface area contributed by atoms with Crippen LogP contribution in [0.1, 0.15) is 341 Å². The first kappa shape index (κ1) is 74.4. The number of carbonyl (C=O) groups is 1. The lowest BCUT2D eigenvalue weighted by atomic mass is 9.99. The quantitative estimate of drug-likeness (QED) is 0.0261. The summed E-state index contributed by atoms with van der Waals surface area (Å²) in [6, 6.07) is -0.723. The monoisotopic (exact) mass is 1100 g/mol. The van der Waals surface area contributed by atoms with E-state index < -0.39 is 49.5 Å². The van der Waals surface area contributed by atoms with Gasteiger partial charge in [0.2, 0.25) is 5.91 Å². The van der Waals surface area contributed by atoms with Crippen LogP contribution in [0, 0.1) is 0 Å². The molecule has 0 aromatic heterocycles. The zero-order valence-electron chi connectivity index (χ0n) is 51.4. The molecule has 1 fully saturated rings. The maximum absolute atomic E-state index is 13.1. The Labute approximate surface area is 482 Å². The molecule has 0 aliphatic carbocycles. The summed E-state index contributed by atoms with van der Waals surface area (Å²) in [5.41, 5.74) is 0. The number of unbranched alkanes of at least 4 members (excludes halogenated alkanes) is 44. The van der Waals surface area contributed by atoms with E-state index in [1.54, 1.807) is 0 Å². The third kappa shape index (κ3) is 47.0. The molecule has 1 amide bonds. The molecule has 1 heterocycles. The molecule has 460 valence electrons. The Morgan fingerprint density at radius 2 is 0.756 bits per heavy atom. The Morgan fingerprint density at radius 1 is 0.436 bits per heavy atom. The summed E-state index contributed by atoms with van der Waals surface area (Å²) in [5.74, 6) is -0.144. The van der Waals surface area contributed by atoms with Crippen LogP contribution in [0.25, 0.3) is 0 Å². The van der Waals surface area contributed by atoms with Crippen LogP contribution in [0.4, 0.5) is 0 Å². The Morgan fingerprint density at radius 3 is 1.12 bits per heavy atom. The third-order valence-electron chi connectivity index (χ3n) is 16.5. The first-order valence-corrected chi connectivity index (χ1v) is 34.2. The van der Waals surface area contributed by atoms with Crippen molar-refractivity contribution >= 4 is 5.91 Å². The summed E-state index contributed by atoms with van der Waals surface area (Å²) < 4.78 is 11.4. The lowest BCUT2D eigenvalue weighted by Gasteiger charge is -2.40. The largest absolute Gasteiger partial charge is 0.394 e. The normalized spacial score (nSPS) is 18.8. The fourth-order valence-electron chi connectivity index (χ4n) is 11.1. The highest BCUT2D eigenvalue weighted by molar-refractivity contribution is 5.76. The number of aliphatic hydroxyl groups is 5. The van der Waals surface area contributed by atoms with Gasteiger partial charge in [-0.3, -0.25) is 4.79 Å². The van der Waals surface area contributed by atoms with E-state index >= 15 is 0 Å². The van der Waals surface area contributed by atoms with Crippen molar-refractivity contribution in [3.8, 4) is 0 Å².